The lowest BCUT2D eigenvalue weighted by molar-refractivity contribution is 0.171. The molecule has 0 aliphatic carbocycles. The molecule has 1 unspecified atom stereocenters. The first kappa shape index (κ1) is 13.9. The Morgan fingerprint density at radius 1 is 1.59 bits per heavy atom. The van der Waals surface area contributed by atoms with Gasteiger partial charge in [-0.3, -0.25) is 0 Å². The van der Waals surface area contributed by atoms with Crippen molar-refractivity contribution in [2.45, 2.75) is 19.9 Å². The summed E-state index contributed by atoms with van der Waals surface area (Å²) >= 11 is 4.94. The summed E-state index contributed by atoms with van der Waals surface area (Å²) in [6, 6.07) is 3.87. The van der Waals surface area contributed by atoms with Crippen LogP contribution in [0.25, 0.3) is 0 Å². The third kappa shape index (κ3) is 4.28. The average Bonchev–Trinajstić information content (AvgIpc) is 2.28. The molecule has 0 aromatic carbocycles. The summed E-state index contributed by atoms with van der Waals surface area (Å²) < 4.78 is 5.17. The van der Waals surface area contributed by atoms with Gasteiger partial charge in [0.15, 0.2) is 0 Å². The van der Waals surface area contributed by atoms with Gasteiger partial charge in [0.05, 0.1) is 12.6 Å². The van der Waals surface area contributed by atoms with Crippen LogP contribution in [0.2, 0.25) is 0 Å². The molecule has 1 rings (SSSR count). The molecule has 0 spiro atoms. The SMILES string of the molecule is COCC(Nc1cc(C(N)=S)ccn1)C(C)C. The van der Waals surface area contributed by atoms with Crippen molar-refractivity contribution in [3.63, 3.8) is 0 Å². The van der Waals surface area contributed by atoms with Gasteiger partial charge in [0.1, 0.15) is 10.8 Å². The Labute approximate surface area is 108 Å². The predicted molar refractivity (Wildman–Crippen MR) is 74.2 cm³/mol. The van der Waals surface area contributed by atoms with Crippen LogP contribution in [0.5, 0.6) is 0 Å². The second kappa shape index (κ2) is 6.51. The van der Waals surface area contributed by atoms with E-state index in [0.717, 1.165) is 11.4 Å². The quantitative estimate of drug-likeness (QED) is 0.757. The second-order valence-electron chi connectivity index (χ2n) is 4.24. The molecule has 0 amide bonds. The van der Waals surface area contributed by atoms with Crippen LogP contribution in [0.15, 0.2) is 18.3 Å². The van der Waals surface area contributed by atoms with Crippen LogP contribution in [0.1, 0.15) is 19.4 Å². The van der Waals surface area contributed by atoms with Crippen molar-refractivity contribution >= 4 is 23.0 Å². The summed E-state index contributed by atoms with van der Waals surface area (Å²) in [6.45, 7) is 4.90. The maximum Gasteiger partial charge on any atom is 0.126 e. The van der Waals surface area contributed by atoms with E-state index >= 15 is 0 Å². The van der Waals surface area contributed by atoms with Crippen LogP contribution < -0.4 is 11.1 Å². The second-order valence-corrected chi connectivity index (χ2v) is 4.68. The van der Waals surface area contributed by atoms with Crippen LogP contribution in [-0.2, 0) is 4.74 Å². The predicted octanol–water partition coefficient (Wildman–Crippen LogP) is 1.80. The summed E-state index contributed by atoms with van der Waals surface area (Å²) in [6.07, 6.45) is 1.70. The van der Waals surface area contributed by atoms with Gasteiger partial charge >= 0.3 is 0 Å². The van der Waals surface area contributed by atoms with Crippen molar-refractivity contribution < 1.29 is 4.74 Å². The van der Waals surface area contributed by atoms with Crippen molar-refractivity contribution in [1.29, 1.82) is 0 Å². The van der Waals surface area contributed by atoms with Crippen LogP contribution >= 0.6 is 12.2 Å². The highest BCUT2D eigenvalue weighted by molar-refractivity contribution is 7.80. The summed E-state index contributed by atoms with van der Waals surface area (Å²) in [7, 11) is 1.69. The number of hydrogen-bond donors (Lipinski definition) is 2. The number of anilines is 1. The van der Waals surface area contributed by atoms with E-state index in [1.54, 1.807) is 19.4 Å². The van der Waals surface area contributed by atoms with Gasteiger partial charge in [-0.25, -0.2) is 4.98 Å². The van der Waals surface area contributed by atoms with Gasteiger partial charge in [-0.1, -0.05) is 26.1 Å². The lowest BCUT2D eigenvalue weighted by Gasteiger charge is -2.22. The summed E-state index contributed by atoms with van der Waals surface area (Å²) in [5.74, 6) is 1.22. The molecule has 0 aliphatic heterocycles. The highest BCUT2D eigenvalue weighted by atomic mass is 32.1. The van der Waals surface area contributed by atoms with Gasteiger partial charge in [-0.15, -0.1) is 0 Å². The maximum atomic E-state index is 5.58. The molecule has 17 heavy (non-hydrogen) atoms. The monoisotopic (exact) mass is 253 g/mol. The van der Waals surface area contributed by atoms with E-state index in [0.29, 0.717) is 17.5 Å². The van der Waals surface area contributed by atoms with E-state index in [1.165, 1.54) is 0 Å². The van der Waals surface area contributed by atoms with Gasteiger partial charge in [0.2, 0.25) is 0 Å². The summed E-state index contributed by atoms with van der Waals surface area (Å²) in [4.78, 5) is 4.62. The minimum Gasteiger partial charge on any atom is -0.389 e. The molecule has 3 N–H and O–H groups in total. The molecular formula is C12H19N3OS. The smallest absolute Gasteiger partial charge is 0.126 e. The number of pyridine rings is 1. The number of nitrogens with zero attached hydrogens (tertiary/aromatic N) is 1. The Hall–Kier alpha value is -1.20. The number of nitrogens with two attached hydrogens (primary N) is 1. The molecule has 1 aromatic heterocycles. The maximum absolute atomic E-state index is 5.58. The fourth-order valence-electron chi connectivity index (χ4n) is 1.43. The summed E-state index contributed by atoms with van der Waals surface area (Å²) in [5.41, 5.74) is 6.40. The largest absolute Gasteiger partial charge is 0.389 e. The van der Waals surface area contributed by atoms with E-state index in [1.807, 2.05) is 6.07 Å². The van der Waals surface area contributed by atoms with Crippen molar-refractivity contribution in [3.05, 3.63) is 23.9 Å². The zero-order valence-electron chi connectivity index (χ0n) is 10.4. The molecule has 0 saturated heterocycles. The van der Waals surface area contributed by atoms with Crippen molar-refractivity contribution in [1.82, 2.24) is 4.98 Å². The zero-order valence-corrected chi connectivity index (χ0v) is 11.3. The molecule has 0 bridgehead atoms. The molecular weight excluding hydrogens is 234 g/mol. The van der Waals surface area contributed by atoms with E-state index in [4.69, 9.17) is 22.7 Å². The average molecular weight is 253 g/mol. The van der Waals surface area contributed by atoms with Gasteiger partial charge in [0.25, 0.3) is 0 Å². The van der Waals surface area contributed by atoms with Crippen molar-refractivity contribution in [2.75, 3.05) is 19.0 Å². The molecule has 4 nitrogen and oxygen atoms in total. The fraction of sp³-hybridized carbons (Fsp3) is 0.500. The van der Waals surface area contributed by atoms with Gasteiger partial charge in [0, 0.05) is 18.9 Å². The summed E-state index contributed by atoms with van der Waals surface area (Å²) in [5, 5.41) is 3.32. The van der Waals surface area contributed by atoms with Gasteiger partial charge in [-0.2, -0.15) is 0 Å². The third-order valence-electron chi connectivity index (χ3n) is 2.53. The van der Waals surface area contributed by atoms with Crippen molar-refractivity contribution in [3.8, 4) is 0 Å². The molecule has 0 fully saturated rings. The fourth-order valence-corrected chi connectivity index (χ4v) is 1.56. The Morgan fingerprint density at radius 3 is 2.82 bits per heavy atom. The third-order valence-corrected chi connectivity index (χ3v) is 2.76. The molecule has 5 heteroatoms. The number of hydrogen-bond acceptors (Lipinski definition) is 4. The van der Waals surface area contributed by atoms with E-state index in [9.17, 15) is 0 Å². The lowest BCUT2D eigenvalue weighted by atomic mass is 10.1. The molecule has 1 heterocycles. The molecule has 0 radical (unpaired) electrons. The molecule has 1 aromatic rings. The minimum absolute atomic E-state index is 0.217. The Bertz CT molecular complexity index is 382. The van der Waals surface area contributed by atoms with E-state index in [-0.39, 0.29) is 6.04 Å². The highest BCUT2D eigenvalue weighted by Crippen LogP contribution is 2.12. The zero-order chi connectivity index (χ0) is 12.8. The minimum atomic E-state index is 0.217. The standard InChI is InChI=1S/C12H19N3OS/c1-8(2)10(7-16-3)15-11-6-9(12(13)17)4-5-14-11/h4-6,8,10H,7H2,1-3H3,(H2,13,17)(H,14,15). The Kier molecular flexibility index (Phi) is 5.31. The normalized spacial score (nSPS) is 12.5. The van der Waals surface area contributed by atoms with Gasteiger partial charge < -0.3 is 15.8 Å². The van der Waals surface area contributed by atoms with E-state index in [2.05, 4.69) is 24.1 Å². The van der Waals surface area contributed by atoms with E-state index < -0.39 is 0 Å². The number of nitrogens with one attached hydrogen (secondary N) is 1. The number of methoxy groups -OCH3 is 1. The molecule has 1 atom stereocenters. The first-order valence-electron chi connectivity index (χ1n) is 5.56. The highest BCUT2D eigenvalue weighted by Gasteiger charge is 2.13. The molecule has 0 saturated carbocycles. The van der Waals surface area contributed by atoms with Crippen LogP contribution in [0.3, 0.4) is 0 Å². The Balaban J connectivity index is 2.78. The lowest BCUT2D eigenvalue weighted by Crippen LogP contribution is -2.30. The van der Waals surface area contributed by atoms with Gasteiger partial charge in [-0.05, 0) is 18.1 Å². The van der Waals surface area contributed by atoms with Crippen LogP contribution in [0.4, 0.5) is 5.82 Å². The number of rotatable bonds is 6. The van der Waals surface area contributed by atoms with Crippen LogP contribution in [-0.4, -0.2) is 29.7 Å². The molecule has 0 aliphatic rings. The number of thiocarbonyl (C=S) groups is 1. The number of ether oxygens (including phenoxy) is 1. The topological polar surface area (TPSA) is 60.2 Å². The number of aromatic nitrogens is 1. The molecule has 94 valence electrons. The van der Waals surface area contributed by atoms with Crippen molar-refractivity contribution in [2.24, 2.45) is 11.7 Å². The first-order valence-corrected chi connectivity index (χ1v) is 5.96. The Morgan fingerprint density at radius 2 is 2.29 bits per heavy atom. The first-order chi connectivity index (χ1) is 8.04. The van der Waals surface area contributed by atoms with Crippen LogP contribution in [0, 0.1) is 5.92 Å².